The molecule has 1 aromatic carbocycles. The lowest BCUT2D eigenvalue weighted by atomic mass is 10.1. The summed E-state index contributed by atoms with van der Waals surface area (Å²) in [4.78, 5) is 16.0. The van der Waals surface area contributed by atoms with Crippen LogP contribution in [-0.4, -0.2) is 49.1 Å². The predicted octanol–water partition coefficient (Wildman–Crippen LogP) is 2.28. The molecule has 0 saturated carbocycles. The number of benzene rings is 1. The Bertz CT molecular complexity index is 452. The summed E-state index contributed by atoms with van der Waals surface area (Å²) in [5.74, 6) is 0.216. The van der Waals surface area contributed by atoms with Crippen LogP contribution >= 0.6 is 0 Å². The minimum atomic E-state index is 0.216. The standard InChI is InChI=1S/C17H26N2O2/c1-4-5-17(20)18(2)10-14-6-8-15(9-7-14)11-19-12-16(13-19)21-3/h6-9,16H,4-5,10-13H2,1-3H3. The highest BCUT2D eigenvalue weighted by Gasteiger charge is 2.25. The van der Waals surface area contributed by atoms with Gasteiger partial charge in [0.25, 0.3) is 0 Å². The van der Waals surface area contributed by atoms with Crippen LogP contribution in [-0.2, 0) is 22.6 Å². The Balaban J connectivity index is 1.80. The molecule has 116 valence electrons. The highest BCUT2D eigenvalue weighted by atomic mass is 16.5. The summed E-state index contributed by atoms with van der Waals surface area (Å²) in [6, 6.07) is 8.57. The van der Waals surface area contributed by atoms with Gasteiger partial charge in [-0.15, -0.1) is 0 Å². The van der Waals surface area contributed by atoms with E-state index in [0.29, 0.717) is 19.1 Å². The van der Waals surface area contributed by atoms with E-state index in [4.69, 9.17) is 4.74 Å². The molecular weight excluding hydrogens is 264 g/mol. The fourth-order valence-corrected chi connectivity index (χ4v) is 2.58. The molecule has 0 N–H and O–H groups in total. The largest absolute Gasteiger partial charge is 0.379 e. The minimum absolute atomic E-state index is 0.216. The van der Waals surface area contributed by atoms with Crippen LogP contribution in [0, 0.1) is 0 Å². The first-order chi connectivity index (χ1) is 10.1. The molecule has 1 heterocycles. The van der Waals surface area contributed by atoms with Crippen molar-refractivity contribution in [2.24, 2.45) is 0 Å². The summed E-state index contributed by atoms with van der Waals surface area (Å²) in [6.45, 7) is 5.74. The second-order valence-corrected chi connectivity index (χ2v) is 5.87. The number of nitrogens with zero attached hydrogens (tertiary/aromatic N) is 2. The van der Waals surface area contributed by atoms with E-state index in [-0.39, 0.29) is 5.91 Å². The topological polar surface area (TPSA) is 32.8 Å². The Labute approximate surface area is 127 Å². The van der Waals surface area contributed by atoms with Crippen molar-refractivity contribution in [1.82, 2.24) is 9.80 Å². The number of amides is 1. The molecule has 1 saturated heterocycles. The number of hydrogen-bond donors (Lipinski definition) is 0. The highest BCUT2D eigenvalue weighted by molar-refractivity contribution is 5.75. The van der Waals surface area contributed by atoms with Crippen molar-refractivity contribution in [1.29, 1.82) is 0 Å². The van der Waals surface area contributed by atoms with Gasteiger partial charge in [0.05, 0.1) is 6.10 Å². The Morgan fingerprint density at radius 1 is 1.29 bits per heavy atom. The molecule has 0 spiro atoms. The van der Waals surface area contributed by atoms with Gasteiger partial charge in [-0.25, -0.2) is 0 Å². The second kappa shape index (κ2) is 7.57. The number of rotatable bonds is 7. The van der Waals surface area contributed by atoms with Crippen molar-refractivity contribution in [2.45, 2.75) is 39.0 Å². The maximum absolute atomic E-state index is 11.8. The van der Waals surface area contributed by atoms with Crippen LogP contribution in [0.2, 0.25) is 0 Å². The third-order valence-corrected chi connectivity index (χ3v) is 4.00. The Morgan fingerprint density at radius 2 is 1.90 bits per heavy atom. The molecule has 1 aliphatic rings. The quantitative estimate of drug-likeness (QED) is 0.772. The van der Waals surface area contributed by atoms with Crippen molar-refractivity contribution in [3.63, 3.8) is 0 Å². The minimum Gasteiger partial charge on any atom is -0.379 e. The van der Waals surface area contributed by atoms with E-state index in [9.17, 15) is 4.79 Å². The summed E-state index contributed by atoms with van der Waals surface area (Å²) in [7, 11) is 3.64. The normalized spacial score (nSPS) is 15.8. The molecular formula is C17H26N2O2. The summed E-state index contributed by atoms with van der Waals surface area (Å²) in [5, 5.41) is 0. The molecule has 0 aromatic heterocycles. The monoisotopic (exact) mass is 290 g/mol. The zero-order valence-corrected chi connectivity index (χ0v) is 13.3. The van der Waals surface area contributed by atoms with Gasteiger partial charge in [0.15, 0.2) is 0 Å². The van der Waals surface area contributed by atoms with Crippen LogP contribution in [0.15, 0.2) is 24.3 Å². The van der Waals surface area contributed by atoms with Crippen LogP contribution < -0.4 is 0 Å². The van der Waals surface area contributed by atoms with Crippen molar-refractivity contribution >= 4 is 5.91 Å². The number of methoxy groups -OCH3 is 1. The summed E-state index contributed by atoms with van der Waals surface area (Å²) in [6.07, 6.45) is 1.94. The van der Waals surface area contributed by atoms with Crippen molar-refractivity contribution in [3.8, 4) is 0 Å². The lowest BCUT2D eigenvalue weighted by molar-refractivity contribution is -0.130. The van der Waals surface area contributed by atoms with Gasteiger partial charge in [0, 0.05) is 46.8 Å². The fourth-order valence-electron chi connectivity index (χ4n) is 2.58. The van der Waals surface area contributed by atoms with Gasteiger partial charge in [-0.05, 0) is 17.5 Å². The van der Waals surface area contributed by atoms with E-state index in [0.717, 1.165) is 26.1 Å². The lowest BCUT2D eigenvalue weighted by Gasteiger charge is -2.38. The number of carbonyl (C=O) groups excluding carboxylic acids is 1. The van der Waals surface area contributed by atoms with E-state index >= 15 is 0 Å². The Kier molecular flexibility index (Phi) is 5.76. The predicted molar refractivity (Wildman–Crippen MR) is 83.9 cm³/mol. The smallest absolute Gasteiger partial charge is 0.222 e. The highest BCUT2D eigenvalue weighted by Crippen LogP contribution is 2.16. The third-order valence-electron chi connectivity index (χ3n) is 4.00. The molecule has 0 atom stereocenters. The maximum Gasteiger partial charge on any atom is 0.222 e. The molecule has 2 rings (SSSR count). The molecule has 21 heavy (non-hydrogen) atoms. The summed E-state index contributed by atoms with van der Waals surface area (Å²) >= 11 is 0. The SMILES string of the molecule is CCCC(=O)N(C)Cc1ccc(CN2CC(OC)C2)cc1. The third kappa shape index (κ3) is 4.55. The first-order valence-corrected chi connectivity index (χ1v) is 7.69. The van der Waals surface area contributed by atoms with Gasteiger partial charge >= 0.3 is 0 Å². The van der Waals surface area contributed by atoms with Crippen molar-refractivity contribution in [3.05, 3.63) is 35.4 Å². The molecule has 0 unspecified atom stereocenters. The number of carbonyl (C=O) groups is 1. The second-order valence-electron chi connectivity index (χ2n) is 5.87. The first-order valence-electron chi connectivity index (χ1n) is 7.69. The van der Waals surface area contributed by atoms with Gasteiger partial charge in [0.2, 0.25) is 5.91 Å². The van der Waals surface area contributed by atoms with E-state index in [1.165, 1.54) is 11.1 Å². The number of likely N-dealkylation sites (tertiary alicyclic amines) is 1. The maximum atomic E-state index is 11.8. The van der Waals surface area contributed by atoms with Crippen molar-refractivity contribution in [2.75, 3.05) is 27.2 Å². The van der Waals surface area contributed by atoms with Crippen LogP contribution in [0.25, 0.3) is 0 Å². The van der Waals surface area contributed by atoms with E-state index in [1.807, 2.05) is 14.0 Å². The molecule has 0 radical (unpaired) electrons. The summed E-state index contributed by atoms with van der Waals surface area (Å²) in [5.41, 5.74) is 2.50. The molecule has 4 nitrogen and oxygen atoms in total. The first kappa shape index (κ1) is 16.0. The molecule has 1 fully saturated rings. The van der Waals surface area contributed by atoms with Gasteiger partial charge in [0.1, 0.15) is 0 Å². The van der Waals surface area contributed by atoms with Gasteiger partial charge in [-0.2, -0.15) is 0 Å². The van der Waals surface area contributed by atoms with E-state index in [2.05, 4.69) is 29.2 Å². The van der Waals surface area contributed by atoms with Crippen LogP contribution in [0.5, 0.6) is 0 Å². The Hall–Kier alpha value is -1.39. The fraction of sp³-hybridized carbons (Fsp3) is 0.588. The average Bonchev–Trinajstić information content (AvgIpc) is 2.44. The van der Waals surface area contributed by atoms with E-state index < -0.39 is 0 Å². The van der Waals surface area contributed by atoms with Crippen LogP contribution in [0.4, 0.5) is 0 Å². The van der Waals surface area contributed by atoms with Crippen LogP contribution in [0.3, 0.4) is 0 Å². The molecule has 1 aliphatic heterocycles. The average molecular weight is 290 g/mol. The molecule has 0 bridgehead atoms. The van der Waals surface area contributed by atoms with Gasteiger partial charge in [-0.3, -0.25) is 9.69 Å². The van der Waals surface area contributed by atoms with Crippen molar-refractivity contribution < 1.29 is 9.53 Å². The summed E-state index contributed by atoms with van der Waals surface area (Å²) < 4.78 is 5.28. The lowest BCUT2D eigenvalue weighted by Crippen LogP contribution is -2.50. The van der Waals surface area contributed by atoms with Gasteiger partial charge in [-0.1, -0.05) is 31.2 Å². The number of ether oxygens (including phenoxy) is 1. The number of hydrogen-bond acceptors (Lipinski definition) is 3. The molecule has 1 aromatic rings. The van der Waals surface area contributed by atoms with Crippen LogP contribution in [0.1, 0.15) is 30.9 Å². The Morgan fingerprint density at radius 3 is 2.48 bits per heavy atom. The van der Waals surface area contributed by atoms with E-state index in [1.54, 1.807) is 12.0 Å². The molecule has 1 amide bonds. The zero-order valence-electron chi connectivity index (χ0n) is 13.3. The molecule has 0 aliphatic carbocycles. The molecule has 4 heteroatoms. The zero-order chi connectivity index (χ0) is 15.2. The van der Waals surface area contributed by atoms with Gasteiger partial charge < -0.3 is 9.64 Å².